The van der Waals surface area contributed by atoms with Gasteiger partial charge in [-0.2, -0.15) is 0 Å². The quantitative estimate of drug-likeness (QED) is 0.874. The summed E-state index contributed by atoms with van der Waals surface area (Å²) in [6.45, 7) is 2.08. The SMILES string of the molecule is CCCS(=O)(=O)CCOc1ccc2c(c1)CCCC2N. The maximum Gasteiger partial charge on any atom is 0.153 e. The van der Waals surface area contributed by atoms with Crippen LogP contribution in [0, 0.1) is 0 Å². The van der Waals surface area contributed by atoms with Gasteiger partial charge >= 0.3 is 0 Å². The van der Waals surface area contributed by atoms with Gasteiger partial charge in [-0.05, 0) is 48.9 Å². The van der Waals surface area contributed by atoms with Crippen LogP contribution in [0.2, 0.25) is 0 Å². The zero-order valence-electron chi connectivity index (χ0n) is 12.0. The van der Waals surface area contributed by atoms with Gasteiger partial charge in [-0.3, -0.25) is 0 Å². The second kappa shape index (κ2) is 6.59. The lowest BCUT2D eigenvalue weighted by Gasteiger charge is -2.22. The van der Waals surface area contributed by atoms with E-state index in [1.807, 2.05) is 25.1 Å². The smallest absolute Gasteiger partial charge is 0.153 e. The third-order valence-electron chi connectivity index (χ3n) is 3.65. The van der Waals surface area contributed by atoms with Crippen LogP contribution in [-0.2, 0) is 16.3 Å². The number of hydrogen-bond donors (Lipinski definition) is 1. The standard InChI is InChI=1S/C15H23NO3S/c1-2-9-20(17,18)10-8-19-13-6-7-14-12(11-13)4-3-5-15(14)16/h6-7,11,15H,2-5,8-10,16H2,1H3. The molecule has 112 valence electrons. The lowest BCUT2D eigenvalue weighted by Crippen LogP contribution is -2.18. The van der Waals surface area contributed by atoms with Gasteiger partial charge in [0.1, 0.15) is 12.4 Å². The molecule has 4 nitrogen and oxygen atoms in total. The Morgan fingerprint density at radius 1 is 1.35 bits per heavy atom. The summed E-state index contributed by atoms with van der Waals surface area (Å²) in [5.74, 6) is 1.05. The molecule has 1 unspecified atom stereocenters. The van der Waals surface area contributed by atoms with Crippen LogP contribution in [-0.4, -0.2) is 26.5 Å². The lowest BCUT2D eigenvalue weighted by molar-refractivity contribution is 0.340. The van der Waals surface area contributed by atoms with Gasteiger partial charge in [0.15, 0.2) is 9.84 Å². The van der Waals surface area contributed by atoms with Gasteiger partial charge < -0.3 is 10.5 Å². The minimum absolute atomic E-state index is 0.0808. The predicted molar refractivity (Wildman–Crippen MR) is 80.7 cm³/mol. The highest BCUT2D eigenvalue weighted by Crippen LogP contribution is 2.30. The molecule has 1 aromatic carbocycles. The predicted octanol–water partition coefficient (Wildman–Crippen LogP) is 2.23. The van der Waals surface area contributed by atoms with Crippen molar-refractivity contribution < 1.29 is 13.2 Å². The second-order valence-electron chi connectivity index (χ2n) is 5.36. The first-order chi connectivity index (χ1) is 9.52. The van der Waals surface area contributed by atoms with Gasteiger partial charge in [-0.15, -0.1) is 0 Å². The number of rotatable bonds is 6. The van der Waals surface area contributed by atoms with Crippen LogP contribution in [0.3, 0.4) is 0 Å². The molecule has 1 aromatic rings. The molecular weight excluding hydrogens is 274 g/mol. The molecule has 0 spiro atoms. The molecule has 0 amide bonds. The van der Waals surface area contributed by atoms with Gasteiger partial charge in [-0.1, -0.05) is 13.0 Å². The Morgan fingerprint density at radius 2 is 2.15 bits per heavy atom. The summed E-state index contributed by atoms with van der Waals surface area (Å²) < 4.78 is 28.8. The van der Waals surface area contributed by atoms with Crippen molar-refractivity contribution in [3.05, 3.63) is 29.3 Å². The third-order valence-corrected chi connectivity index (χ3v) is 5.47. The van der Waals surface area contributed by atoms with Crippen molar-refractivity contribution in [2.75, 3.05) is 18.1 Å². The molecule has 20 heavy (non-hydrogen) atoms. The van der Waals surface area contributed by atoms with Crippen LogP contribution in [0.5, 0.6) is 5.75 Å². The van der Waals surface area contributed by atoms with E-state index in [-0.39, 0.29) is 24.2 Å². The number of nitrogens with two attached hydrogens (primary N) is 1. The van der Waals surface area contributed by atoms with Gasteiger partial charge in [0, 0.05) is 6.04 Å². The van der Waals surface area contributed by atoms with Crippen LogP contribution in [0.25, 0.3) is 0 Å². The molecule has 0 radical (unpaired) electrons. The van der Waals surface area contributed by atoms with E-state index in [4.69, 9.17) is 10.5 Å². The van der Waals surface area contributed by atoms with Gasteiger partial charge in [0.2, 0.25) is 0 Å². The lowest BCUT2D eigenvalue weighted by atomic mass is 9.88. The Labute approximate surface area is 121 Å². The van der Waals surface area contributed by atoms with Crippen molar-refractivity contribution >= 4 is 9.84 Å². The average molecular weight is 297 g/mol. The highest BCUT2D eigenvalue weighted by Gasteiger charge is 2.17. The highest BCUT2D eigenvalue weighted by molar-refractivity contribution is 7.91. The fourth-order valence-corrected chi connectivity index (χ4v) is 3.78. The first-order valence-corrected chi connectivity index (χ1v) is 9.05. The fraction of sp³-hybridized carbons (Fsp3) is 0.600. The molecule has 0 heterocycles. The van der Waals surface area contributed by atoms with E-state index in [1.54, 1.807) is 0 Å². The molecule has 1 aliphatic carbocycles. The van der Waals surface area contributed by atoms with E-state index in [9.17, 15) is 8.42 Å². The van der Waals surface area contributed by atoms with Gasteiger partial charge in [-0.25, -0.2) is 8.42 Å². The summed E-state index contributed by atoms with van der Waals surface area (Å²) in [6, 6.07) is 6.02. The fourth-order valence-electron chi connectivity index (χ4n) is 2.62. The van der Waals surface area contributed by atoms with Crippen molar-refractivity contribution in [2.45, 2.75) is 38.6 Å². The molecular formula is C15H23NO3S. The van der Waals surface area contributed by atoms with Crippen molar-refractivity contribution in [3.63, 3.8) is 0 Å². The summed E-state index contributed by atoms with van der Waals surface area (Å²) in [5, 5.41) is 0. The summed E-state index contributed by atoms with van der Waals surface area (Å²) in [6.07, 6.45) is 3.80. The molecule has 0 fully saturated rings. The molecule has 0 aromatic heterocycles. The van der Waals surface area contributed by atoms with Crippen LogP contribution in [0.15, 0.2) is 18.2 Å². The zero-order chi connectivity index (χ0) is 14.6. The molecule has 0 saturated heterocycles. The second-order valence-corrected chi connectivity index (χ2v) is 7.66. The van der Waals surface area contributed by atoms with E-state index in [0.717, 1.165) is 25.0 Å². The van der Waals surface area contributed by atoms with Crippen LogP contribution < -0.4 is 10.5 Å². The monoisotopic (exact) mass is 297 g/mol. The Balaban J connectivity index is 1.94. The number of fused-ring (bicyclic) bond motifs is 1. The summed E-state index contributed by atoms with van der Waals surface area (Å²) in [4.78, 5) is 0. The van der Waals surface area contributed by atoms with E-state index < -0.39 is 9.84 Å². The molecule has 0 bridgehead atoms. The topological polar surface area (TPSA) is 69.4 Å². The summed E-state index contributed by atoms with van der Waals surface area (Å²) in [5.41, 5.74) is 8.50. The summed E-state index contributed by atoms with van der Waals surface area (Å²) >= 11 is 0. The van der Waals surface area contributed by atoms with Crippen molar-refractivity contribution in [1.29, 1.82) is 0 Å². The van der Waals surface area contributed by atoms with Gasteiger partial charge in [0.05, 0.1) is 11.5 Å². The number of benzene rings is 1. The Bertz CT molecular complexity index is 554. The molecule has 1 aliphatic rings. The van der Waals surface area contributed by atoms with Crippen LogP contribution >= 0.6 is 0 Å². The van der Waals surface area contributed by atoms with E-state index in [2.05, 4.69) is 0 Å². The average Bonchev–Trinajstić information content (AvgIpc) is 2.38. The highest BCUT2D eigenvalue weighted by atomic mass is 32.2. The van der Waals surface area contributed by atoms with E-state index >= 15 is 0 Å². The molecule has 1 atom stereocenters. The molecule has 0 saturated carbocycles. The number of sulfone groups is 1. The molecule has 2 rings (SSSR count). The molecule has 0 aliphatic heterocycles. The number of hydrogen-bond acceptors (Lipinski definition) is 4. The Morgan fingerprint density at radius 3 is 2.90 bits per heavy atom. The Kier molecular flexibility index (Phi) is 5.05. The number of aryl methyl sites for hydroxylation is 1. The molecule has 2 N–H and O–H groups in total. The zero-order valence-corrected chi connectivity index (χ0v) is 12.8. The minimum Gasteiger partial charge on any atom is -0.493 e. The van der Waals surface area contributed by atoms with Crippen molar-refractivity contribution in [3.8, 4) is 5.75 Å². The number of ether oxygens (including phenoxy) is 1. The largest absolute Gasteiger partial charge is 0.493 e. The van der Waals surface area contributed by atoms with E-state index in [0.29, 0.717) is 6.42 Å². The minimum atomic E-state index is -2.97. The van der Waals surface area contributed by atoms with Crippen LogP contribution in [0.4, 0.5) is 0 Å². The normalized spacial score (nSPS) is 18.6. The van der Waals surface area contributed by atoms with E-state index in [1.165, 1.54) is 11.1 Å². The van der Waals surface area contributed by atoms with Crippen molar-refractivity contribution in [2.24, 2.45) is 5.73 Å². The summed E-state index contributed by atoms with van der Waals surface area (Å²) in [7, 11) is -2.97. The molecule has 5 heteroatoms. The maximum absolute atomic E-state index is 11.6. The first kappa shape index (κ1) is 15.3. The third kappa shape index (κ3) is 3.96. The Hall–Kier alpha value is -1.07. The first-order valence-electron chi connectivity index (χ1n) is 7.23. The van der Waals surface area contributed by atoms with Gasteiger partial charge in [0.25, 0.3) is 0 Å². The maximum atomic E-state index is 11.6. The van der Waals surface area contributed by atoms with Crippen LogP contribution in [0.1, 0.15) is 43.4 Å². The van der Waals surface area contributed by atoms with Crippen molar-refractivity contribution in [1.82, 2.24) is 0 Å².